The molecule has 0 atom stereocenters. The van der Waals surface area contributed by atoms with Crippen LogP contribution >= 0.6 is 0 Å². The molecule has 1 rings (SSSR count). The van der Waals surface area contributed by atoms with Crippen LogP contribution in [0.3, 0.4) is 0 Å². The standard InChI is InChI=1S/C10H15N/c1-3-9-5-4-6-10(7-11)8(9)2/h4-6H,3,7,11H2,1-2H3. The van der Waals surface area contributed by atoms with E-state index in [1.165, 1.54) is 16.7 Å². The van der Waals surface area contributed by atoms with E-state index < -0.39 is 0 Å². The highest BCUT2D eigenvalue weighted by atomic mass is 14.5. The quantitative estimate of drug-likeness (QED) is 0.684. The van der Waals surface area contributed by atoms with Crippen LogP contribution in [0.5, 0.6) is 0 Å². The summed E-state index contributed by atoms with van der Waals surface area (Å²) in [6.45, 7) is 4.96. The topological polar surface area (TPSA) is 26.0 Å². The van der Waals surface area contributed by atoms with Gasteiger partial charge in [-0.05, 0) is 30.0 Å². The van der Waals surface area contributed by atoms with E-state index in [0.29, 0.717) is 6.54 Å². The maximum absolute atomic E-state index is 5.57. The van der Waals surface area contributed by atoms with E-state index >= 15 is 0 Å². The minimum Gasteiger partial charge on any atom is -0.326 e. The van der Waals surface area contributed by atoms with Gasteiger partial charge in [0.25, 0.3) is 0 Å². The van der Waals surface area contributed by atoms with Crippen molar-refractivity contribution in [1.29, 1.82) is 0 Å². The molecule has 0 aromatic heterocycles. The van der Waals surface area contributed by atoms with E-state index in [9.17, 15) is 0 Å². The van der Waals surface area contributed by atoms with Gasteiger partial charge in [0.2, 0.25) is 0 Å². The summed E-state index contributed by atoms with van der Waals surface area (Å²) in [5.41, 5.74) is 9.61. The Bertz CT molecular complexity index is 218. The highest BCUT2D eigenvalue weighted by Gasteiger charge is 1.98. The van der Waals surface area contributed by atoms with Gasteiger partial charge in [-0.1, -0.05) is 25.1 Å². The number of hydrogen-bond acceptors (Lipinski definition) is 1. The van der Waals surface area contributed by atoms with Crippen LogP contribution in [0.15, 0.2) is 18.2 Å². The van der Waals surface area contributed by atoms with Gasteiger partial charge in [0, 0.05) is 6.54 Å². The fourth-order valence-electron chi connectivity index (χ4n) is 1.34. The Morgan fingerprint density at radius 3 is 2.45 bits per heavy atom. The highest BCUT2D eigenvalue weighted by Crippen LogP contribution is 2.13. The van der Waals surface area contributed by atoms with E-state index in [1.54, 1.807) is 0 Å². The van der Waals surface area contributed by atoms with Crippen molar-refractivity contribution in [2.45, 2.75) is 26.8 Å². The fraction of sp³-hybridized carbons (Fsp3) is 0.400. The Morgan fingerprint density at radius 2 is 1.91 bits per heavy atom. The van der Waals surface area contributed by atoms with Crippen LogP contribution in [-0.4, -0.2) is 0 Å². The van der Waals surface area contributed by atoms with Gasteiger partial charge in [-0.3, -0.25) is 0 Å². The maximum Gasteiger partial charge on any atom is 0.0180 e. The van der Waals surface area contributed by atoms with Crippen molar-refractivity contribution < 1.29 is 0 Å². The summed E-state index contributed by atoms with van der Waals surface area (Å²) in [6, 6.07) is 6.33. The lowest BCUT2D eigenvalue weighted by atomic mass is 10.0. The smallest absolute Gasteiger partial charge is 0.0180 e. The largest absolute Gasteiger partial charge is 0.326 e. The molecule has 0 radical (unpaired) electrons. The van der Waals surface area contributed by atoms with Crippen molar-refractivity contribution >= 4 is 0 Å². The first kappa shape index (κ1) is 8.28. The van der Waals surface area contributed by atoms with Crippen LogP contribution in [0.2, 0.25) is 0 Å². The van der Waals surface area contributed by atoms with Gasteiger partial charge in [-0.2, -0.15) is 0 Å². The van der Waals surface area contributed by atoms with Gasteiger partial charge in [0.15, 0.2) is 0 Å². The first-order valence-electron chi connectivity index (χ1n) is 4.07. The molecule has 1 nitrogen and oxygen atoms in total. The molecule has 1 aromatic carbocycles. The summed E-state index contributed by atoms with van der Waals surface area (Å²) < 4.78 is 0. The number of benzene rings is 1. The van der Waals surface area contributed by atoms with Crippen LogP contribution < -0.4 is 5.73 Å². The van der Waals surface area contributed by atoms with Gasteiger partial charge >= 0.3 is 0 Å². The molecule has 0 fully saturated rings. The molecule has 11 heavy (non-hydrogen) atoms. The molecule has 1 heteroatoms. The zero-order valence-electron chi connectivity index (χ0n) is 7.22. The Hall–Kier alpha value is -0.820. The third kappa shape index (κ3) is 1.60. The Labute approximate surface area is 68.2 Å². The van der Waals surface area contributed by atoms with Crippen molar-refractivity contribution in [3.63, 3.8) is 0 Å². The van der Waals surface area contributed by atoms with Crippen molar-refractivity contribution in [3.05, 3.63) is 34.9 Å². The van der Waals surface area contributed by atoms with E-state index in [4.69, 9.17) is 5.73 Å². The predicted octanol–water partition coefficient (Wildman–Crippen LogP) is 2.02. The van der Waals surface area contributed by atoms with E-state index in [2.05, 4.69) is 32.0 Å². The molecule has 60 valence electrons. The van der Waals surface area contributed by atoms with E-state index in [-0.39, 0.29) is 0 Å². The Morgan fingerprint density at radius 1 is 1.27 bits per heavy atom. The Kier molecular flexibility index (Phi) is 2.66. The maximum atomic E-state index is 5.57. The summed E-state index contributed by atoms with van der Waals surface area (Å²) >= 11 is 0. The molecule has 0 saturated heterocycles. The van der Waals surface area contributed by atoms with Crippen LogP contribution in [0.25, 0.3) is 0 Å². The van der Waals surface area contributed by atoms with Crippen molar-refractivity contribution in [3.8, 4) is 0 Å². The first-order valence-corrected chi connectivity index (χ1v) is 4.07. The van der Waals surface area contributed by atoms with Gasteiger partial charge < -0.3 is 5.73 Å². The van der Waals surface area contributed by atoms with Gasteiger partial charge in [0.05, 0.1) is 0 Å². The van der Waals surface area contributed by atoms with Crippen molar-refractivity contribution in [2.24, 2.45) is 5.73 Å². The molecule has 0 bridgehead atoms. The second-order valence-corrected chi connectivity index (χ2v) is 2.76. The van der Waals surface area contributed by atoms with Crippen LogP contribution in [0.4, 0.5) is 0 Å². The summed E-state index contributed by atoms with van der Waals surface area (Å²) in [6.07, 6.45) is 1.10. The lowest BCUT2D eigenvalue weighted by Crippen LogP contribution is -2.00. The average molecular weight is 149 g/mol. The third-order valence-electron chi connectivity index (χ3n) is 2.16. The average Bonchev–Trinajstić information content (AvgIpc) is 2.05. The first-order chi connectivity index (χ1) is 5.29. The Balaban J connectivity index is 3.10. The summed E-state index contributed by atoms with van der Waals surface area (Å²) in [4.78, 5) is 0. The van der Waals surface area contributed by atoms with Gasteiger partial charge in [-0.25, -0.2) is 0 Å². The second kappa shape index (κ2) is 3.54. The SMILES string of the molecule is CCc1cccc(CN)c1C. The molecular weight excluding hydrogens is 134 g/mol. The molecule has 0 spiro atoms. The van der Waals surface area contributed by atoms with Gasteiger partial charge in [0.1, 0.15) is 0 Å². The number of hydrogen-bond donors (Lipinski definition) is 1. The summed E-state index contributed by atoms with van der Waals surface area (Å²) in [5.74, 6) is 0. The monoisotopic (exact) mass is 149 g/mol. The minimum atomic E-state index is 0.652. The van der Waals surface area contributed by atoms with Gasteiger partial charge in [-0.15, -0.1) is 0 Å². The molecule has 0 aliphatic rings. The summed E-state index contributed by atoms with van der Waals surface area (Å²) in [5, 5.41) is 0. The molecule has 1 aromatic rings. The van der Waals surface area contributed by atoms with E-state index in [0.717, 1.165) is 6.42 Å². The molecule has 0 unspecified atom stereocenters. The lowest BCUT2D eigenvalue weighted by Gasteiger charge is -2.06. The van der Waals surface area contributed by atoms with Crippen LogP contribution in [0, 0.1) is 6.92 Å². The fourth-order valence-corrected chi connectivity index (χ4v) is 1.34. The van der Waals surface area contributed by atoms with Crippen LogP contribution in [-0.2, 0) is 13.0 Å². The lowest BCUT2D eigenvalue weighted by molar-refractivity contribution is 1.01. The zero-order valence-corrected chi connectivity index (χ0v) is 7.22. The molecule has 0 aliphatic heterocycles. The molecule has 0 aliphatic carbocycles. The van der Waals surface area contributed by atoms with Crippen LogP contribution in [0.1, 0.15) is 23.6 Å². The molecule has 0 saturated carbocycles. The second-order valence-electron chi connectivity index (χ2n) is 2.76. The van der Waals surface area contributed by atoms with Crippen molar-refractivity contribution in [1.82, 2.24) is 0 Å². The molecule has 0 amide bonds. The normalized spacial score (nSPS) is 10.1. The van der Waals surface area contributed by atoms with E-state index in [1.807, 2.05) is 0 Å². The number of nitrogens with two attached hydrogens (primary N) is 1. The number of aryl methyl sites for hydroxylation is 1. The highest BCUT2D eigenvalue weighted by molar-refractivity contribution is 5.33. The zero-order chi connectivity index (χ0) is 8.27. The molecule has 0 heterocycles. The molecular formula is C10H15N. The number of rotatable bonds is 2. The third-order valence-corrected chi connectivity index (χ3v) is 2.16. The molecule has 2 N–H and O–H groups in total. The summed E-state index contributed by atoms with van der Waals surface area (Å²) in [7, 11) is 0. The predicted molar refractivity (Wildman–Crippen MR) is 48.4 cm³/mol. The minimum absolute atomic E-state index is 0.652. The van der Waals surface area contributed by atoms with Crippen molar-refractivity contribution in [2.75, 3.05) is 0 Å².